The normalized spacial score (nSPS) is 12.8. The minimum atomic E-state index is -0.980. The van der Waals surface area contributed by atoms with Crippen molar-refractivity contribution in [3.63, 3.8) is 0 Å². The molecular weight excluding hydrogens is 484 g/mol. The van der Waals surface area contributed by atoms with Crippen LogP contribution in [0.25, 0.3) is 10.4 Å². The maximum Gasteiger partial charge on any atom is 0.241 e. The molecule has 7 nitrogen and oxygen atoms in total. The third kappa shape index (κ3) is 6.35. The molecule has 180 valence electrons. The largest absolute Gasteiger partial charge is 0.348 e. The number of carbonyl (C=O) groups excluding carboxylic acids is 2. The summed E-state index contributed by atoms with van der Waals surface area (Å²) in [4.78, 5) is 30.2. The Kier molecular flexibility index (Phi) is 8.67. The van der Waals surface area contributed by atoms with Gasteiger partial charge in [0.05, 0.1) is 34.2 Å². The summed E-state index contributed by atoms with van der Waals surface area (Å²) >= 11 is 7.02. The van der Waals surface area contributed by atoms with E-state index in [4.69, 9.17) is 17.3 Å². The number of nitrogens with one attached hydrogen (secondary N) is 3. The van der Waals surface area contributed by atoms with E-state index in [2.05, 4.69) is 20.9 Å². The number of carbonyl (C=O) groups is 2. The number of thiazole rings is 1. The van der Waals surface area contributed by atoms with E-state index in [0.29, 0.717) is 26.8 Å². The lowest BCUT2D eigenvalue weighted by Gasteiger charge is -2.20. The molecule has 3 aromatic rings. The van der Waals surface area contributed by atoms with Crippen molar-refractivity contribution >= 4 is 40.4 Å². The van der Waals surface area contributed by atoms with Crippen molar-refractivity contribution in [3.05, 3.63) is 69.8 Å². The number of halogens is 3. The maximum absolute atomic E-state index is 14.1. The fourth-order valence-corrected chi connectivity index (χ4v) is 4.45. The molecule has 0 aliphatic heterocycles. The van der Waals surface area contributed by atoms with Gasteiger partial charge in [-0.15, -0.1) is 11.3 Å². The van der Waals surface area contributed by atoms with E-state index in [-0.39, 0.29) is 23.8 Å². The van der Waals surface area contributed by atoms with Crippen LogP contribution < -0.4 is 21.7 Å². The van der Waals surface area contributed by atoms with Crippen LogP contribution in [0.4, 0.5) is 14.5 Å². The van der Waals surface area contributed by atoms with Crippen molar-refractivity contribution in [1.82, 2.24) is 15.6 Å². The highest BCUT2D eigenvalue weighted by atomic mass is 35.5. The highest BCUT2D eigenvalue weighted by Crippen LogP contribution is 2.31. The average molecular weight is 508 g/mol. The molecule has 0 spiro atoms. The Labute approximate surface area is 204 Å². The van der Waals surface area contributed by atoms with Crippen molar-refractivity contribution in [1.29, 1.82) is 0 Å². The molecule has 0 aliphatic rings. The number of amides is 2. The Morgan fingerprint density at radius 3 is 2.56 bits per heavy atom. The van der Waals surface area contributed by atoms with Crippen LogP contribution in [0.3, 0.4) is 0 Å². The zero-order valence-electron chi connectivity index (χ0n) is 18.5. The van der Waals surface area contributed by atoms with E-state index < -0.39 is 29.7 Å². The number of aromatic nitrogens is 1. The lowest BCUT2D eigenvalue weighted by Crippen LogP contribution is -2.48. The number of likely N-dealkylation sites (N-methyl/N-ethyl adjacent to an activating group) is 1. The molecule has 2 aromatic carbocycles. The first-order valence-electron chi connectivity index (χ1n) is 10.4. The number of nitrogens with two attached hydrogens (primary N) is 1. The number of rotatable bonds is 9. The van der Waals surface area contributed by atoms with Crippen LogP contribution in [0.15, 0.2) is 42.5 Å². The van der Waals surface area contributed by atoms with Gasteiger partial charge in [-0.1, -0.05) is 29.8 Å². The number of benzene rings is 2. The van der Waals surface area contributed by atoms with Gasteiger partial charge in [0.1, 0.15) is 16.6 Å². The summed E-state index contributed by atoms with van der Waals surface area (Å²) in [7, 11) is 1.56. The zero-order valence-corrected chi connectivity index (χ0v) is 20.1. The number of nitrogens with zero attached hydrogens (tertiary/aromatic N) is 1. The molecule has 1 heterocycles. The summed E-state index contributed by atoms with van der Waals surface area (Å²) in [5.41, 5.74) is 7.45. The second-order valence-corrected chi connectivity index (χ2v) is 9.01. The minimum Gasteiger partial charge on any atom is -0.348 e. The smallest absolute Gasteiger partial charge is 0.241 e. The third-order valence-corrected chi connectivity index (χ3v) is 6.53. The van der Waals surface area contributed by atoms with E-state index in [0.717, 1.165) is 6.07 Å². The van der Waals surface area contributed by atoms with E-state index in [1.165, 1.54) is 29.5 Å². The van der Waals surface area contributed by atoms with Crippen LogP contribution in [0, 0.1) is 18.6 Å². The van der Waals surface area contributed by atoms with Gasteiger partial charge in [-0.25, -0.2) is 13.8 Å². The Hall–Kier alpha value is -2.92. The Balaban J connectivity index is 1.56. The van der Waals surface area contributed by atoms with Gasteiger partial charge in [0, 0.05) is 11.3 Å². The Bertz CT molecular complexity index is 1190. The molecule has 3 rings (SSSR count). The molecule has 11 heteroatoms. The zero-order chi connectivity index (χ0) is 24.8. The predicted molar refractivity (Wildman–Crippen MR) is 130 cm³/mol. The van der Waals surface area contributed by atoms with E-state index in [9.17, 15) is 18.4 Å². The third-order valence-electron chi connectivity index (χ3n) is 5.05. The molecule has 0 saturated heterocycles. The van der Waals surface area contributed by atoms with Crippen molar-refractivity contribution in [2.75, 3.05) is 12.4 Å². The molecule has 0 saturated carbocycles. The maximum atomic E-state index is 14.1. The molecular formula is C23H24ClF2N5O2S. The second-order valence-electron chi connectivity index (χ2n) is 7.52. The van der Waals surface area contributed by atoms with Crippen molar-refractivity contribution in [2.24, 2.45) is 5.73 Å². The quantitative estimate of drug-likeness (QED) is 0.354. The second kappa shape index (κ2) is 11.5. The molecule has 0 fully saturated rings. The molecule has 0 aliphatic carbocycles. The number of aryl methyl sites for hydroxylation is 1. The number of anilines is 1. The highest BCUT2D eigenvalue weighted by Gasteiger charge is 2.24. The topological polar surface area (TPSA) is 109 Å². The van der Waals surface area contributed by atoms with Crippen LogP contribution in [0.5, 0.6) is 0 Å². The first kappa shape index (κ1) is 25.7. The summed E-state index contributed by atoms with van der Waals surface area (Å²) < 4.78 is 27.4. The van der Waals surface area contributed by atoms with Gasteiger partial charge >= 0.3 is 0 Å². The van der Waals surface area contributed by atoms with Crippen LogP contribution >= 0.6 is 22.9 Å². The van der Waals surface area contributed by atoms with Crippen LogP contribution in [-0.2, 0) is 16.1 Å². The molecule has 0 radical (unpaired) electrons. The lowest BCUT2D eigenvalue weighted by atomic mass is 10.1. The van der Waals surface area contributed by atoms with Gasteiger partial charge in [0.2, 0.25) is 11.8 Å². The average Bonchev–Trinajstić information content (AvgIpc) is 3.18. The molecule has 34 heavy (non-hydrogen) atoms. The number of hydrogen-bond acceptors (Lipinski definition) is 6. The van der Waals surface area contributed by atoms with Crippen molar-refractivity contribution < 1.29 is 18.4 Å². The summed E-state index contributed by atoms with van der Waals surface area (Å²) in [5, 5.41) is 8.62. The molecule has 2 unspecified atom stereocenters. The predicted octanol–water partition coefficient (Wildman–Crippen LogP) is 3.61. The SMILES string of the molecule is CNC(CC(N)C(=O)NCc1nc(C)c(-c2ccccc2F)s1)C(=O)Nc1ccc(F)c(Cl)c1. The van der Waals surface area contributed by atoms with Crippen molar-refractivity contribution in [3.8, 4) is 10.4 Å². The summed E-state index contributed by atoms with van der Waals surface area (Å²) in [6.45, 7) is 1.90. The fraction of sp³-hybridized carbons (Fsp3) is 0.261. The van der Waals surface area contributed by atoms with E-state index in [1.54, 1.807) is 32.2 Å². The monoisotopic (exact) mass is 507 g/mol. The van der Waals surface area contributed by atoms with Gasteiger partial charge in [0.25, 0.3) is 0 Å². The van der Waals surface area contributed by atoms with Crippen molar-refractivity contribution in [2.45, 2.75) is 32.0 Å². The van der Waals surface area contributed by atoms with E-state index in [1.807, 2.05) is 0 Å². The molecule has 1 aromatic heterocycles. The van der Waals surface area contributed by atoms with Gasteiger partial charge in [-0.2, -0.15) is 0 Å². The highest BCUT2D eigenvalue weighted by molar-refractivity contribution is 7.15. The van der Waals surface area contributed by atoms with Crippen LogP contribution in [0.2, 0.25) is 5.02 Å². The van der Waals surface area contributed by atoms with Gasteiger partial charge in [0.15, 0.2) is 0 Å². The standard InChI is InChI=1S/C23H24ClF2N5O2S/c1-12-21(14-5-3-4-6-16(14)25)34-20(30-12)11-29-22(32)18(27)10-19(28-2)23(33)31-13-7-8-17(26)15(24)9-13/h3-9,18-19,28H,10-11,27H2,1-2H3,(H,29,32)(H,31,33). The van der Waals surface area contributed by atoms with E-state index >= 15 is 0 Å². The molecule has 0 bridgehead atoms. The lowest BCUT2D eigenvalue weighted by molar-refractivity contribution is -0.123. The van der Waals surface area contributed by atoms with Gasteiger partial charge < -0.3 is 21.7 Å². The minimum absolute atomic E-state index is 0.0144. The van der Waals surface area contributed by atoms with Crippen LogP contribution in [0.1, 0.15) is 17.1 Å². The molecule has 5 N–H and O–H groups in total. The summed E-state index contributed by atoms with van der Waals surface area (Å²) in [6.07, 6.45) is 0.0144. The van der Waals surface area contributed by atoms with Gasteiger partial charge in [-0.05, 0) is 44.7 Å². The fourth-order valence-electron chi connectivity index (χ4n) is 3.24. The molecule has 2 atom stereocenters. The Morgan fingerprint density at radius 1 is 1.15 bits per heavy atom. The number of hydrogen-bond donors (Lipinski definition) is 4. The summed E-state index contributed by atoms with van der Waals surface area (Å²) in [5.74, 6) is -1.84. The summed E-state index contributed by atoms with van der Waals surface area (Å²) in [6, 6.07) is 8.48. The van der Waals surface area contributed by atoms with Crippen LogP contribution in [-0.4, -0.2) is 35.9 Å². The first-order valence-corrected chi connectivity index (χ1v) is 11.6. The molecule has 2 amide bonds. The first-order chi connectivity index (χ1) is 16.2. The Morgan fingerprint density at radius 2 is 1.88 bits per heavy atom. The van der Waals surface area contributed by atoms with Gasteiger partial charge in [-0.3, -0.25) is 9.59 Å².